The van der Waals surface area contributed by atoms with Gasteiger partial charge in [-0.1, -0.05) is 112 Å². The largest absolute Gasteiger partial charge is 0.508 e. The van der Waals surface area contributed by atoms with Gasteiger partial charge in [0.2, 0.25) is 82.7 Å². The van der Waals surface area contributed by atoms with Crippen LogP contribution in [0.4, 0.5) is 0 Å². The molecule has 42 heteroatoms. The quantitative estimate of drug-likeness (QED) is 0.0147. The first-order chi connectivity index (χ1) is 58.7. The number of aliphatic carboxylic acids is 2. The third-order valence-corrected chi connectivity index (χ3v) is 21.8. The van der Waals surface area contributed by atoms with Crippen molar-refractivity contribution >= 4 is 112 Å². The lowest BCUT2D eigenvalue weighted by atomic mass is 9.95. The van der Waals surface area contributed by atoms with Crippen LogP contribution in [0.25, 0.3) is 10.9 Å². The highest BCUT2D eigenvalue weighted by atomic mass is 16.4. The normalized spacial score (nSPS) is 17.2. The highest BCUT2D eigenvalue weighted by Crippen LogP contribution is 2.24. The molecule has 20 atom stereocenters. The van der Waals surface area contributed by atoms with E-state index in [-0.39, 0.29) is 95.0 Å². The maximum atomic E-state index is 14.8. The number of aliphatic hydroxyl groups excluding tert-OH is 3. The summed E-state index contributed by atoms with van der Waals surface area (Å²) in [5.41, 5.74) is 24.9. The van der Waals surface area contributed by atoms with Gasteiger partial charge in [-0.3, -0.25) is 76.9 Å². The van der Waals surface area contributed by atoms with Crippen molar-refractivity contribution in [2.24, 2.45) is 57.5 Å². The van der Waals surface area contributed by atoms with E-state index in [9.17, 15) is 107 Å². The number of carbonyl (C=O) groups excluding carboxylic acids is 14. The number of hydrogen-bond acceptors (Lipinski definition) is 23. The van der Waals surface area contributed by atoms with Crippen LogP contribution in [0.2, 0.25) is 0 Å². The number of amides is 14. The van der Waals surface area contributed by atoms with Crippen molar-refractivity contribution in [2.75, 3.05) is 19.6 Å². The second-order valence-electron chi connectivity index (χ2n) is 33.0. The third kappa shape index (κ3) is 32.8. The Bertz CT molecular complexity index is 4210. The zero-order chi connectivity index (χ0) is 94.1. The molecule has 2 heterocycles. The molecule has 1 aromatic heterocycles. The summed E-state index contributed by atoms with van der Waals surface area (Å²) in [5, 5.41) is 95.1. The first kappa shape index (κ1) is 106. The molecule has 2 aromatic carbocycles. The number of nitrogens with one attached hydrogen (secondary N) is 14. The number of para-hydroxylation sites is 1. The maximum absolute atomic E-state index is 14.8. The second kappa shape index (κ2) is 51.0. The Hall–Kier alpha value is -11.6. The summed E-state index contributed by atoms with van der Waals surface area (Å²) in [4.78, 5) is 232. The number of carboxylic acids is 2. The minimum atomic E-state index is -2.03. The van der Waals surface area contributed by atoms with Gasteiger partial charge >= 0.3 is 11.9 Å². The SMILES string of the molecule is CC[C@H](C)[C@H](NC(=O)[C@H](C)NC(=O)[C@@H](NC(=O)[C@@H](NC(=O)[C@H](Cc1ccc(O)cc1)NC(=O)[C@H](Cc1c[nH]c2ccccc12)NC(=O)[C@@H](N)C(C)C)[C@@H](C)CC)C(C)C)C(=O)N[C@@H](CCCCN)C(=O)N[C@H](C(=O)N[C@@H](CC(=O)O)C(=O)N[C@H](C(=O)N1CCC[C@H]1C(=O)N[C@@H](CCCN=C(N)N)C(=O)N[C@H](C(=O)N[C@H](C(=O)O)[C@@H](C)O)[C@@H](C)O)C(C)C)[C@@H](C)O. The number of nitrogens with zero attached hydrogens (tertiary/aromatic N) is 2. The van der Waals surface area contributed by atoms with Gasteiger partial charge in [0.05, 0.1) is 30.8 Å². The van der Waals surface area contributed by atoms with Crippen LogP contribution >= 0.6 is 0 Å². The molecule has 0 saturated carbocycles. The van der Waals surface area contributed by atoms with E-state index in [1.54, 1.807) is 61.6 Å². The molecule has 0 unspecified atom stereocenters. The van der Waals surface area contributed by atoms with Crippen LogP contribution in [0.5, 0.6) is 5.75 Å². The number of aliphatic hydroxyl groups is 3. The van der Waals surface area contributed by atoms with Gasteiger partial charge in [-0.2, -0.15) is 0 Å². The number of H-pyrrole nitrogens is 1. The number of fused-ring (bicyclic) bond motifs is 1. The van der Waals surface area contributed by atoms with Crippen molar-refractivity contribution in [3.8, 4) is 5.75 Å². The fourth-order valence-corrected chi connectivity index (χ4v) is 13.6. The van der Waals surface area contributed by atoms with Gasteiger partial charge in [0.25, 0.3) is 0 Å². The van der Waals surface area contributed by atoms with E-state index in [2.05, 4.69) is 73.8 Å². The molecule has 1 aliphatic heterocycles. The number of benzene rings is 2. The number of carbonyl (C=O) groups is 16. The molecule has 14 amide bonds. The van der Waals surface area contributed by atoms with E-state index in [4.69, 9.17) is 22.9 Å². The topological polar surface area (TPSA) is 686 Å². The summed E-state index contributed by atoms with van der Waals surface area (Å²) in [5.74, 6) is -20.2. The molecule has 42 nitrogen and oxygen atoms in total. The number of aromatic amines is 1. The fourth-order valence-electron chi connectivity index (χ4n) is 13.6. The van der Waals surface area contributed by atoms with Gasteiger partial charge in [0.15, 0.2) is 12.0 Å². The molecule has 4 rings (SSSR count). The van der Waals surface area contributed by atoms with Gasteiger partial charge in [0.1, 0.15) is 84.3 Å². The molecular weight excluding hydrogens is 1630 g/mol. The second-order valence-corrected chi connectivity index (χ2v) is 33.0. The van der Waals surface area contributed by atoms with Crippen molar-refractivity contribution in [1.82, 2.24) is 79.0 Å². The molecule has 1 fully saturated rings. The van der Waals surface area contributed by atoms with Crippen molar-refractivity contribution < 1.29 is 107 Å². The van der Waals surface area contributed by atoms with Crippen LogP contribution in [0.3, 0.4) is 0 Å². The summed E-state index contributed by atoms with van der Waals surface area (Å²) in [7, 11) is 0. The van der Waals surface area contributed by atoms with Gasteiger partial charge in [0, 0.05) is 43.0 Å². The van der Waals surface area contributed by atoms with Crippen LogP contribution in [0.1, 0.15) is 172 Å². The highest BCUT2D eigenvalue weighted by molar-refractivity contribution is 6.02. The number of aromatic hydroxyl groups is 1. The average Bonchev–Trinajstić information content (AvgIpc) is 1.74. The molecule has 3 aromatic rings. The van der Waals surface area contributed by atoms with Crippen LogP contribution < -0.4 is 92.1 Å². The average molecular weight is 1760 g/mol. The Morgan fingerprint density at radius 3 is 1.45 bits per heavy atom. The summed E-state index contributed by atoms with van der Waals surface area (Å²) < 4.78 is 0. The van der Waals surface area contributed by atoms with Crippen LogP contribution in [-0.4, -0.2) is 270 Å². The Morgan fingerprint density at radius 2 is 0.920 bits per heavy atom. The van der Waals surface area contributed by atoms with Crippen LogP contribution in [-0.2, 0) is 89.6 Å². The number of hydrogen-bond donors (Lipinski definition) is 24. The van der Waals surface area contributed by atoms with E-state index < -0.39 is 234 Å². The van der Waals surface area contributed by atoms with Gasteiger partial charge in [-0.15, -0.1) is 0 Å². The lowest BCUT2D eigenvalue weighted by molar-refractivity contribution is -0.146. The predicted molar refractivity (Wildman–Crippen MR) is 458 cm³/mol. The number of guanidine groups is 1. The van der Waals surface area contributed by atoms with Gasteiger partial charge in [-0.05, 0) is 138 Å². The number of unbranched alkanes of at least 4 members (excludes halogenated alkanes) is 1. The number of rotatable bonds is 52. The Morgan fingerprint density at radius 1 is 0.480 bits per heavy atom. The number of phenolic OH excluding ortho intramolecular Hbond substituents is 1. The molecule has 0 radical (unpaired) electrons. The minimum absolute atomic E-state index is 0.00262. The Balaban J connectivity index is 1.53. The number of aliphatic imine (C=N–C) groups is 1. The molecule has 28 N–H and O–H groups in total. The summed E-state index contributed by atoms with van der Waals surface area (Å²) in [6, 6.07) is -9.74. The predicted octanol–water partition coefficient (Wildman–Crippen LogP) is -3.76. The Labute approximate surface area is 726 Å². The van der Waals surface area contributed by atoms with Gasteiger partial charge < -0.3 is 133 Å². The van der Waals surface area contributed by atoms with Crippen LogP contribution in [0, 0.1) is 29.6 Å². The number of carboxylic acid groups (broad SMARTS) is 2. The number of nitrogens with two attached hydrogens (primary N) is 4. The fraction of sp³-hybridized carbons (Fsp3) is 0.627. The van der Waals surface area contributed by atoms with E-state index in [0.29, 0.717) is 24.0 Å². The van der Waals surface area contributed by atoms with Gasteiger partial charge in [-0.25, -0.2) is 4.79 Å². The van der Waals surface area contributed by atoms with E-state index in [0.717, 1.165) is 36.6 Å². The first-order valence-electron chi connectivity index (χ1n) is 42.3. The standard InChI is InChI=1S/C83H132N20O22/c1-15-42(9)63(98-68(110)44(11)90-76(118)61(40(5)6)96-78(120)64(43(10)16-2)99-72(114)55(35-48-28-30-50(107)31-29-48)93-71(113)56(94-75(117)60(85)39(3)4)36-49-38-89-52-24-18-17-23-51(49)52)77(119)92-53(25-19-20-32-84)69(111)100-65(45(12)104)79(121)95-57(37-59(108)109)73(115)97-62(41(7)8)81(123)103-34-22-27-58(103)74(116)91-54(26-21-33-88-83(86)87)70(112)101-66(46(13)105)80(122)102-67(47(14)106)82(124)125/h17-18,23-24,28-31,38-47,53-58,60-67,89,104-107H,15-16,19-22,25-27,32-37,84-85H2,1-14H3,(H,90,118)(H,91,116)(H,92,119)(H,93,113)(H,94,117)(H,95,121)(H,96,120)(H,97,115)(H,98,110)(H,99,114)(H,100,111)(H,101,112)(H,102,122)(H,108,109)(H,124,125)(H4,86,87,88)/t42-,43-,44-,45+,46+,47+,53-,54-,55-,56-,57-,58-,60-,61-,62-,63-,64-,65-,66-,67-/m0/s1. The van der Waals surface area contributed by atoms with Crippen LogP contribution in [0.15, 0.2) is 59.7 Å². The molecule has 0 aliphatic carbocycles. The number of aromatic nitrogens is 1. The molecule has 1 saturated heterocycles. The van der Waals surface area contributed by atoms with Crippen molar-refractivity contribution in [2.45, 2.75) is 283 Å². The molecule has 0 spiro atoms. The molecule has 125 heavy (non-hydrogen) atoms. The highest BCUT2D eigenvalue weighted by Gasteiger charge is 2.44. The van der Waals surface area contributed by atoms with E-state index in [1.165, 1.54) is 45.0 Å². The first-order valence-corrected chi connectivity index (χ1v) is 42.3. The zero-order valence-corrected chi connectivity index (χ0v) is 73.5. The van der Waals surface area contributed by atoms with E-state index in [1.807, 2.05) is 29.6 Å². The molecule has 696 valence electrons. The summed E-state index contributed by atoms with van der Waals surface area (Å²) in [6.07, 6.45) is -3.78. The number of phenols is 1. The number of likely N-dealkylation sites (tertiary alicyclic amines) is 1. The Kier molecular flexibility index (Phi) is 43.1. The zero-order valence-electron chi connectivity index (χ0n) is 73.5. The molecular formula is C83H132N20O22. The summed E-state index contributed by atoms with van der Waals surface area (Å²) >= 11 is 0. The third-order valence-electron chi connectivity index (χ3n) is 21.8. The van der Waals surface area contributed by atoms with Crippen molar-refractivity contribution in [3.63, 3.8) is 0 Å². The molecule has 0 bridgehead atoms. The smallest absolute Gasteiger partial charge is 0.328 e. The van der Waals surface area contributed by atoms with Crippen molar-refractivity contribution in [3.05, 3.63) is 65.9 Å². The maximum Gasteiger partial charge on any atom is 0.328 e. The lowest BCUT2D eigenvalue weighted by Gasteiger charge is -2.32. The summed E-state index contributed by atoms with van der Waals surface area (Å²) in [6.45, 7) is 21.0. The minimum Gasteiger partial charge on any atom is -0.508 e. The lowest BCUT2D eigenvalue weighted by Crippen LogP contribution is -2.63. The molecule has 1 aliphatic rings. The monoisotopic (exact) mass is 1760 g/mol. The van der Waals surface area contributed by atoms with E-state index >= 15 is 0 Å². The van der Waals surface area contributed by atoms with Crippen molar-refractivity contribution in [1.29, 1.82) is 0 Å².